The summed E-state index contributed by atoms with van der Waals surface area (Å²) in [6.07, 6.45) is 4.77. The highest BCUT2D eigenvalue weighted by Crippen LogP contribution is 2.22. The highest BCUT2D eigenvalue weighted by molar-refractivity contribution is 14.0. The lowest BCUT2D eigenvalue weighted by Crippen LogP contribution is -2.46. The zero-order valence-corrected chi connectivity index (χ0v) is 19.0. The van der Waals surface area contributed by atoms with E-state index < -0.39 is 0 Å². The number of halogens is 2. The van der Waals surface area contributed by atoms with E-state index in [0.717, 1.165) is 51.3 Å². The van der Waals surface area contributed by atoms with E-state index in [1.165, 1.54) is 19.3 Å². The van der Waals surface area contributed by atoms with Crippen LogP contribution < -0.4 is 16.0 Å². The molecular weight excluding hydrogens is 456 g/mol. The summed E-state index contributed by atoms with van der Waals surface area (Å²) in [6, 6.07) is 5.40. The number of benzene rings is 1. The number of aliphatic imine (C=N–C) groups is 1. The van der Waals surface area contributed by atoms with E-state index in [4.69, 9.17) is 5.73 Å². The van der Waals surface area contributed by atoms with Crippen molar-refractivity contribution < 1.29 is 4.39 Å². The molecule has 0 aromatic heterocycles. The van der Waals surface area contributed by atoms with Crippen LogP contribution in [0, 0.1) is 5.82 Å². The SMILES string of the molecule is CCCCCCNC(N)=NCc1ccc(N2CCN(CC)CC2)c(F)c1.I. The Labute approximate surface area is 180 Å². The number of nitrogens with two attached hydrogens (primary N) is 1. The Hall–Kier alpha value is -1.09. The Morgan fingerprint density at radius 2 is 1.89 bits per heavy atom. The molecule has 0 aliphatic carbocycles. The molecule has 0 bridgehead atoms. The van der Waals surface area contributed by atoms with Gasteiger partial charge in [0.1, 0.15) is 5.82 Å². The van der Waals surface area contributed by atoms with E-state index >= 15 is 0 Å². The van der Waals surface area contributed by atoms with Crippen LogP contribution in [0.5, 0.6) is 0 Å². The van der Waals surface area contributed by atoms with E-state index in [1.807, 2.05) is 12.1 Å². The van der Waals surface area contributed by atoms with Crippen LogP contribution in [-0.2, 0) is 6.54 Å². The number of piperazine rings is 1. The second-order valence-electron chi connectivity index (χ2n) is 6.90. The molecule has 0 amide bonds. The predicted molar refractivity (Wildman–Crippen MR) is 124 cm³/mol. The highest BCUT2D eigenvalue weighted by atomic mass is 127. The Morgan fingerprint density at radius 3 is 2.52 bits per heavy atom. The van der Waals surface area contributed by atoms with Gasteiger partial charge in [0, 0.05) is 32.7 Å². The van der Waals surface area contributed by atoms with Crippen LogP contribution in [0.4, 0.5) is 10.1 Å². The number of likely N-dealkylation sites (N-methyl/N-ethyl adjacent to an activating group) is 1. The third-order valence-corrected chi connectivity index (χ3v) is 4.94. The van der Waals surface area contributed by atoms with Crippen LogP contribution in [0.2, 0.25) is 0 Å². The van der Waals surface area contributed by atoms with Crippen molar-refractivity contribution >= 4 is 35.6 Å². The van der Waals surface area contributed by atoms with Crippen molar-refractivity contribution in [2.24, 2.45) is 10.7 Å². The van der Waals surface area contributed by atoms with E-state index in [0.29, 0.717) is 18.2 Å². The van der Waals surface area contributed by atoms with Gasteiger partial charge in [-0.3, -0.25) is 0 Å². The molecule has 3 N–H and O–H groups in total. The van der Waals surface area contributed by atoms with E-state index in [1.54, 1.807) is 6.07 Å². The summed E-state index contributed by atoms with van der Waals surface area (Å²) >= 11 is 0. The maximum absolute atomic E-state index is 14.5. The van der Waals surface area contributed by atoms with Crippen LogP contribution in [0.3, 0.4) is 0 Å². The molecule has 2 rings (SSSR count). The first kappa shape index (κ1) is 23.9. The number of rotatable bonds is 9. The second-order valence-corrected chi connectivity index (χ2v) is 6.90. The summed E-state index contributed by atoms with van der Waals surface area (Å²) in [5.41, 5.74) is 7.41. The summed E-state index contributed by atoms with van der Waals surface area (Å²) in [5, 5.41) is 3.12. The number of nitrogens with one attached hydrogen (secondary N) is 1. The van der Waals surface area contributed by atoms with Gasteiger partial charge in [-0.25, -0.2) is 9.38 Å². The van der Waals surface area contributed by atoms with Crippen molar-refractivity contribution in [1.82, 2.24) is 10.2 Å². The molecule has 1 aromatic carbocycles. The number of hydrogen-bond acceptors (Lipinski definition) is 3. The van der Waals surface area contributed by atoms with Gasteiger partial charge in [-0.15, -0.1) is 24.0 Å². The number of nitrogens with zero attached hydrogens (tertiary/aromatic N) is 3. The topological polar surface area (TPSA) is 56.9 Å². The van der Waals surface area contributed by atoms with Crippen LogP contribution >= 0.6 is 24.0 Å². The van der Waals surface area contributed by atoms with Crippen molar-refractivity contribution in [1.29, 1.82) is 0 Å². The lowest BCUT2D eigenvalue weighted by atomic mass is 10.1. The molecule has 5 nitrogen and oxygen atoms in total. The standard InChI is InChI=1S/C20H34FN5.HI/c1-3-5-6-7-10-23-20(22)24-16-17-8-9-19(18(21)15-17)26-13-11-25(4-2)12-14-26;/h8-9,15H,3-7,10-14,16H2,1-2H3,(H3,22,23,24);1H. The predicted octanol–water partition coefficient (Wildman–Crippen LogP) is 3.57. The lowest BCUT2D eigenvalue weighted by molar-refractivity contribution is 0.270. The Bertz CT molecular complexity index is 573. The molecule has 27 heavy (non-hydrogen) atoms. The molecule has 0 atom stereocenters. The minimum absolute atomic E-state index is 0. The summed E-state index contributed by atoms with van der Waals surface area (Å²) in [6.45, 7) is 10.4. The lowest BCUT2D eigenvalue weighted by Gasteiger charge is -2.35. The summed E-state index contributed by atoms with van der Waals surface area (Å²) < 4.78 is 14.5. The second kappa shape index (κ2) is 13.1. The van der Waals surface area contributed by atoms with Gasteiger partial charge >= 0.3 is 0 Å². The van der Waals surface area contributed by atoms with Gasteiger partial charge in [0.2, 0.25) is 0 Å². The van der Waals surface area contributed by atoms with Crippen molar-refractivity contribution in [2.75, 3.05) is 44.2 Å². The molecule has 1 aliphatic heterocycles. The maximum Gasteiger partial charge on any atom is 0.188 e. The zero-order chi connectivity index (χ0) is 18.8. The highest BCUT2D eigenvalue weighted by Gasteiger charge is 2.18. The minimum atomic E-state index is -0.172. The molecule has 1 saturated heterocycles. The third kappa shape index (κ3) is 8.21. The molecule has 154 valence electrons. The van der Waals surface area contributed by atoms with Gasteiger partial charge in [-0.2, -0.15) is 0 Å². The Balaban J connectivity index is 0.00000364. The zero-order valence-electron chi connectivity index (χ0n) is 16.7. The molecule has 1 heterocycles. The number of unbranched alkanes of at least 4 members (excludes halogenated alkanes) is 3. The van der Waals surface area contributed by atoms with Crippen molar-refractivity contribution in [2.45, 2.75) is 46.1 Å². The fourth-order valence-corrected chi connectivity index (χ4v) is 3.21. The van der Waals surface area contributed by atoms with Crippen LogP contribution in [0.15, 0.2) is 23.2 Å². The quantitative estimate of drug-likeness (QED) is 0.240. The molecule has 0 radical (unpaired) electrons. The monoisotopic (exact) mass is 491 g/mol. The fraction of sp³-hybridized carbons (Fsp3) is 0.650. The number of anilines is 1. The fourth-order valence-electron chi connectivity index (χ4n) is 3.21. The first-order chi connectivity index (χ1) is 12.6. The molecule has 0 unspecified atom stereocenters. The van der Waals surface area contributed by atoms with Crippen molar-refractivity contribution in [3.8, 4) is 0 Å². The van der Waals surface area contributed by atoms with E-state index in [2.05, 4.69) is 34.0 Å². The van der Waals surface area contributed by atoms with Crippen LogP contribution in [0.25, 0.3) is 0 Å². The number of hydrogen-bond donors (Lipinski definition) is 2. The largest absolute Gasteiger partial charge is 0.370 e. The van der Waals surface area contributed by atoms with Crippen LogP contribution in [0.1, 0.15) is 45.1 Å². The normalized spacial score (nSPS) is 15.5. The smallest absolute Gasteiger partial charge is 0.188 e. The van der Waals surface area contributed by atoms with Gasteiger partial charge in [0.15, 0.2) is 5.96 Å². The maximum atomic E-state index is 14.5. The Kier molecular flexibility index (Phi) is 11.7. The van der Waals surface area contributed by atoms with E-state index in [-0.39, 0.29) is 29.8 Å². The van der Waals surface area contributed by atoms with Gasteiger partial charge < -0.3 is 20.9 Å². The van der Waals surface area contributed by atoms with E-state index in [9.17, 15) is 4.39 Å². The summed E-state index contributed by atoms with van der Waals surface area (Å²) in [7, 11) is 0. The Morgan fingerprint density at radius 1 is 1.15 bits per heavy atom. The van der Waals surface area contributed by atoms with Gasteiger partial charge in [0.25, 0.3) is 0 Å². The molecule has 0 spiro atoms. The van der Waals surface area contributed by atoms with Crippen molar-refractivity contribution in [3.63, 3.8) is 0 Å². The molecule has 1 fully saturated rings. The van der Waals surface area contributed by atoms with Crippen molar-refractivity contribution in [3.05, 3.63) is 29.6 Å². The molecular formula is C20H35FIN5. The first-order valence-electron chi connectivity index (χ1n) is 9.93. The average molecular weight is 491 g/mol. The molecule has 1 aliphatic rings. The van der Waals surface area contributed by atoms with Gasteiger partial charge in [-0.1, -0.05) is 39.2 Å². The summed E-state index contributed by atoms with van der Waals surface area (Å²) in [4.78, 5) is 8.82. The van der Waals surface area contributed by atoms with Gasteiger partial charge in [-0.05, 0) is 30.7 Å². The third-order valence-electron chi connectivity index (χ3n) is 4.94. The summed E-state index contributed by atoms with van der Waals surface area (Å²) in [5.74, 6) is 0.260. The number of guanidine groups is 1. The molecule has 1 aromatic rings. The first-order valence-corrected chi connectivity index (χ1v) is 9.93. The molecule has 7 heteroatoms. The van der Waals surface area contributed by atoms with Gasteiger partial charge in [0.05, 0.1) is 12.2 Å². The molecule has 0 saturated carbocycles. The minimum Gasteiger partial charge on any atom is -0.370 e. The van der Waals surface area contributed by atoms with Crippen LogP contribution in [-0.4, -0.2) is 50.1 Å². The average Bonchev–Trinajstić information content (AvgIpc) is 2.66.